The van der Waals surface area contributed by atoms with E-state index in [2.05, 4.69) is 0 Å². The Balaban J connectivity index is 2.24. The Bertz CT molecular complexity index is 536. The maximum absolute atomic E-state index is 12.7. The van der Waals surface area contributed by atoms with Crippen LogP contribution in [0.15, 0.2) is 16.3 Å². The molecule has 0 bridgehead atoms. The van der Waals surface area contributed by atoms with Crippen LogP contribution in [0.3, 0.4) is 0 Å². The average Bonchev–Trinajstić information content (AvgIpc) is 3.15. The highest BCUT2D eigenvalue weighted by Crippen LogP contribution is 2.37. The molecule has 1 unspecified atom stereocenters. The van der Waals surface area contributed by atoms with Crippen molar-refractivity contribution >= 4 is 21.4 Å². The van der Waals surface area contributed by atoms with Crippen LogP contribution in [0, 0.1) is 5.92 Å². The summed E-state index contributed by atoms with van der Waals surface area (Å²) < 4.78 is 32.0. The smallest absolute Gasteiger partial charge is 0.244 e. The van der Waals surface area contributed by atoms with E-state index in [0.717, 1.165) is 12.8 Å². The van der Waals surface area contributed by atoms with Crippen LogP contribution in [0.5, 0.6) is 0 Å². The summed E-state index contributed by atoms with van der Waals surface area (Å²) in [6, 6.07) is 1.55. The monoisotopic (exact) mass is 319 g/mol. The minimum Gasteiger partial charge on any atom is -0.391 e. The third-order valence-electron chi connectivity index (χ3n) is 3.67. The number of thiophene rings is 1. The van der Waals surface area contributed by atoms with Gasteiger partial charge >= 0.3 is 0 Å². The Labute approximate surface area is 124 Å². The summed E-state index contributed by atoms with van der Waals surface area (Å²) in [6.45, 7) is 2.58. The van der Waals surface area contributed by atoms with E-state index in [1.54, 1.807) is 18.6 Å². The van der Waals surface area contributed by atoms with Gasteiger partial charge in [-0.2, -0.15) is 4.31 Å². The normalized spacial score (nSPS) is 17.6. The maximum Gasteiger partial charge on any atom is 0.244 e. The van der Waals surface area contributed by atoms with Crippen molar-refractivity contribution in [3.8, 4) is 0 Å². The topological polar surface area (TPSA) is 66.8 Å². The van der Waals surface area contributed by atoms with Crippen molar-refractivity contribution in [1.29, 1.82) is 0 Å². The molecule has 0 aromatic carbocycles. The molecule has 2 rings (SSSR count). The molecule has 0 aliphatic heterocycles. The third kappa shape index (κ3) is 3.40. The Morgan fingerprint density at radius 1 is 1.55 bits per heavy atom. The number of hydrogen-bond acceptors (Lipinski definition) is 5. The molecule has 1 aromatic heterocycles. The average molecular weight is 319 g/mol. The number of nitrogens with zero attached hydrogens (tertiary/aromatic N) is 1. The Kier molecular flexibility index (Phi) is 5.19. The highest BCUT2D eigenvalue weighted by molar-refractivity contribution is 7.89. The lowest BCUT2D eigenvalue weighted by molar-refractivity contribution is 0.164. The van der Waals surface area contributed by atoms with Gasteiger partial charge in [0.2, 0.25) is 10.0 Å². The fraction of sp³-hybridized carbons (Fsp3) is 0.692. The van der Waals surface area contributed by atoms with Crippen molar-refractivity contribution in [2.24, 2.45) is 5.92 Å². The molecule has 0 amide bonds. The van der Waals surface area contributed by atoms with E-state index in [-0.39, 0.29) is 17.5 Å². The number of ether oxygens (including phenoxy) is 1. The number of methoxy groups -OCH3 is 1. The zero-order valence-corrected chi connectivity index (χ0v) is 13.4. The highest BCUT2D eigenvalue weighted by atomic mass is 32.2. The summed E-state index contributed by atoms with van der Waals surface area (Å²) in [5.74, 6) is 0.456. The molecule has 5 nitrogen and oxygen atoms in total. The van der Waals surface area contributed by atoms with E-state index in [9.17, 15) is 8.42 Å². The third-order valence-corrected chi connectivity index (χ3v) is 6.70. The second-order valence-corrected chi connectivity index (χ2v) is 7.98. The zero-order valence-electron chi connectivity index (χ0n) is 11.8. The lowest BCUT2D eigenvalue weighted by atomic mass is 10.2. The van der Waals surface area contributed by atoms with Gasteiger partial charge < -0.3 is 9.84 Å². The molecular formula is C13H21NO4S2. The van der Waals surface area contributed by atoms with Gasteiger partial charge in [-0.1, -0.05) is 0 Å². The Morgan fingerprint density at radius 2 is 2.25 bits per heavy atom. The summed E-state index contributed by atoms with van der Waals surface area (Å²) in [7, 11) is -1.94. The zero-order chi connectivity index (χ0) is 14.8. The number of aliphatic hydroxyl groups is 1. The summed E-state index contributed by atoms with van der Waals surface area (Å²) in [6.07, 6.45) is 2.18. The van der Waals surface area contributed by atoms with Crippen molar-refractivity contribution < 1.29 is 18.3 Å². The van der Waals surface area contributed by atoms with Crippen LogP contribution in [-0.4, -0.2) is 44.1 Å². The van der Waals surface area contributed by atoms with Gasteiger partial charge in [0.25, 0.3) is 0 Å². The first-order chi connectivity index (χ1) is 9.50. The van der Waals surface area contributed by atoms with Gasteiger partial charge in [-0.3, -0.25) is 0 Å². The summed E-state index contributed by atoms with van der Waals surface area (Å²) in [5, 5.41) is 10.7. The van der Waals surface area contributed by atoms with Crippen LogP contribution >= 0.6 is 11.3 Å². The lowest BCUT2D eigenvalue weighted by Crippen LogP contribution is -2.41. The standard InChI is InChI=1S/C13H21NO4S2/c1-10(11-3-4-11)14(5-6-18-2)20(16,17)13-7-12(8-15)19-9-13/h7,9-11,15H,3-6,8H2,1-2H3. The largest absolute Gasteiger partial charge is 0.391 e. The second kappa shape index (κ2) is 6.53. The fourth-order valence-corrected chi connectivity index (χ4v) is 5.05. The van der Waals surface area contributed by atoms with Crippen molar-refractivity contribution in [3.63, 3.8) is 0 Å². The van der Waals surface area contributed by atoms with E-state index in [4.69, 9.17) is 9.84 Å². The Hall–Kier alpha value is -0.470. The number of sulfonamides is 1. The molecule has 1 atom stereocenters. The Morgan fingerprint density at radius 3 is 2.75 bits per heavy atom. The fourth-order valence-electron chi connectivity index (χ4n) is 2.25. The molecule has 1 N–H and O–H groups in total. The van der Waals surface area contributed by atoms with Gasteiger partial charge in [-0.05, 0) is 31.7 Å². The SMILES string of the molecule is COCCN(C(C)C1CC1)S(=O)(=O)c1csc(CO)c1. The number of rotatable bonds is 8. The van der Waals surface area contributed by atoms with Gasteiger partial charge in [0, 0.05) is 30.0 Å². The van der Waals surface area contributed by atoms with Gasteiger partial charge in [0.1, 0.15) is 0 Å². The first kappa shape index (κ1) is 15.9. The van der Waals surface area contributed by atoms with Crippen molar-refractivity contribution in [3.05, 3.63) is 16.3 Å². The molecule has 7 heteroatoms. The molecule has 0 radical (unpaired) electrons. The van der Waals surface area contributed by atoms with Crippen molar-refractivity contribution in [2.45, 2.75) is 37.3 Å². The first-order valence-corrected chi connectivity index (χ1v) is 9.01. The highest BCUT2D eigenvalue weighted by Gasteiger charge is 2.38. The minimum absolute atomic E-state index is 0.00683. The molecule has 1 fully saturated rings. The molecule has 0 saturated heterocycles. The van der Waals surface area contributed by atoms with Crippen LogP contribution < -0.4 is 0 Å². The molecule has 1 heterocycles. The molecule has 1 aliphatic rings. The molecule has 1 aromatic rings. The van der Waals surface area contributed by atoms with Crippen LogP contribution in [0.1, 0.15) is 24.6 Å². The lowest BCUT2D eigenvalue weighted by Gasteiger charge is -2.27. The molecule has 20 heavy (non-hydrogen) atoms. The van der Waals surface area contributed by atoms with Crippen molar-refractivity contribution in [1.82, 2.24) is 4.31 Å². The predicted octanol–water partition coefficient (Wildman–Crippen LogP) is 1.68. The summed E-state index contributed by atoms with van der Waals surface area (Å²) in [5.41, 5.74) is 0. The quantitative estimate of drug-likeness (QED) is 0.791. The van der Waals surface area contributed by atoms with Gasteiger partial charge in [-0.25, -0.2) is 8.42 Å². The minimum atomic E-state index is -3.51. The molecule has 1 saturated carbocycles. The molecule has 114 valence electrons. The molecular weight excluding hydrogens is 298 g/mol. The maximum atomic E-state index is 12.7. The first-order valence-electron chi connectivity index (χ1n) is 6.69. The van der Waals surface area contributed by atoms with Crippen LogP contribution in [-0.2, 0) is 21.4 Å². The van der Waals surface area contributed by atoms with Crippen molar-refractivity contribution in [2.75, 3.05) is 20.3 Å². The predicted molar refractivity (Wildman–Crippen MR) is 78.2 cm³/mol. The van der Waals surface area contributed by atoms with E-state index in [1.165, 1.54) is 15.6 Å². The van der Waals surface area contributed by atoms with E-state index in [0.29, 0.717) is 23.9 Å². The molecule has 0 spiro atoms. The van der Waals surface area contributed by atoms with Gasteiger partial charge in [0.05, 0.1) is 18.1 Å². The van der Waals surface area contributed by atoms with Crippen LogP contribution in [0.4, 0.5) is 0 Å². The van der Waals surface area contributed by atoms with Crippen LogP contribution in [0.2, 0.25) is 0 Å². The number of hydrogen-bond donors (Lipinski definition) is 1. The van der Waals surface area contributed by atoms with Gasteiger partial charge in [-0.15, -0.1) is 11.3 Å². The number of aliphatic hydroxyl groups excluding tert-OH is 1. The van der Waals surface area contributed by atoms with E-state index in [1.807, 2.05) is 6.92 Å². The summed E-state index contributed by atoms with van der Waals surface area (Å²) >= 11 is 1.27. The summed E-state index contributed by atoms with van der Waals surface area (Å²) in [4.78, 5) is 0.935. The van der Waals surface area contributed by atoms with Crippen LogP contribution in [0.25, 0.3) is 0 Å². The molecule has 1 aliphatic carbocycles. The second-order valence-electron chi connectivity index (χ2n) is 5.09. The van der Waals surface area contributed by atoms with Gasteiger partial charge in [0.15, 0.2) is 0 Å². The van der Waals surface area contributed by atoms with E-state index < -0.39 is 10.0 Å². The van der Waals surface area contributed by atoms with E-state index >= 15 is 0 Å².